The van der Waals surface area contributed by atoms with E-state index in [0.717, 1.165) is 5.56 Å². The maximum atomic E-state index is 13.1. The van der Waals surface area contributed by atoms with E-state index in [9.17, 15) is 24.3 Å². The number of benzene rings is 1. The van der Waals surface area contributed by atoms with Gasteiger partial charge in [0.15, 0.2) is 5.96 Å². The highest BCUT2D eigenvalue weighted by atomic mass is 16.4. The number of hydrogen-bond acceptors (Lipinski definition) is 7. The highest BCUT2D eigenvalue weighted by Crippen LogP contribution is 2.08. The molecular formula is C23H38N8O5. The SMILES string of the molecule is NCCCCC(NC(=O)CN)C(=O)NC(Cc1ccccc1)C(=O)NC(CCCN=C(N)N)C(=O)O. The quantitative estimate of drug-likeness (QED) is 0.0655. The molecule has 1 aromatic rings. The van der Waals surface area contributed by atoms with Crippen LogP contribution in [0.25, 0.3) is 0 Å². The summed E-state index contributed by atoms with van der Waals surface area (Å²) in [7, 11) is 0. The highest BCUT2D eigenvalue weighted by Gasteiger charge is 2.29. The van der Waals surface area contributed by atoms with Crippen molar-refractivity contribution in [1.29, 1.82) is 0 Å². The molecule has 200 valence electrons. The zero-order valence-corrected chi connectivity index (χ0v) is 20.3. The molecule has 12 N–H and O–H groups in total. The topological polar surface area (TPSA) is 241 Å². The van der Waals surface area contributed by atoms with E-state index < -0.39 is 41.8 Å². The van der Waals surface area contributed by atoms with Gasteiger partial charge in [0.25, 0.3) is 0 Å². The summed E-state index contributed by atoms with van der Waals surface area (Å²) in [5, 5.41) is 17.3. The van der Waals surface area contributed by atoms with Crippen molar-refractivity contribution in [2.24, 2.45) is 27.9 Å². The molecule has 0 bridgehead atoms. The van der Waals surface area contributed by atoms with Crippen LogP contribution >= 0.6 is 0 Å². The average molecular weight is 507 g/mol. The van der Waals surface area contributed by atoms with Gasteiger partial charge in [0.1, 0.15) is 18.1 Å². The molecule has 0 aliphatic rings. The Bertz CT molecular complexity index is 877. The van der Waals surface area contributed by atoms with E-state index >= 15 is 0 Å². The highest BCUT2D eigenvalue weighted by molar-refractivity contribution is 5.93. The first-order chi connectivity index (χ1) is 17.2. The Balaban J connectivity index is 3.01. The Labute approximate surface area is 210 Å². The monoisotopic (exact) mass is 506 g/mol. The summed E-state index contributed by atoms with van der Waals surface area (Å²) in [5.41, 5.74) is 22.2. The number of rotatable bonds is 17. The van der Waals surface area contributed by atoms with Gasteiger partial charge in [-0.15, -0.1) is 0 Å². The molecular weight excluding hydrogens is 468 g/mol. The van der Waals surface area contributed by atoms with Crippen LogP contribution in [-0.2, 0) is 25.6 Å². The molecule has 0 saturated heterocycles. The van der Waals surface area contributed by atoms with Crippen molar-refractivity contribution in [2.45, 2.75) is 56.7 Å². The lowest BCUT2D eigenvalue weighted by atomic mass is 10.0. The predicted molar refractivity (Wildman–Crippen MR) is 135 cm³/mol. The fourth-order valence-corrected chi connectivity index (χ4v) is 3.38. The molecule has 13 heteroatoms. The van der Waals surface area contributed by atoms with Crippen molar-refractivity contribution >= 4 is 29.7 Å². The normalized spacial score (nSPS) is 13.1. The van der Waals surface area contributed by atoms with E-state index in [1.165, 1.54) is 0 Å². The minimum Gasteiger partial charge on any atom is -0.480 e. The molecule has 13 nitrogen and oxygen atoms in total. The number of nitrogens with one attached hydrogen (secondary N) is 3. The predicted octanol–water partition coefficient (Wildman–Crippen LogP) is -2.09. The molecule has 0 aliphatic heterocycles. The summed E-state index contributed by atoms with van der Waals surface area (Å²) < 4.78 is 0. The van der Waals surface area contributed by atoms with E-state index in [-0.39, 0.29) is 31.9 Å². The van der Waals surface area contributed by atoms with E-state index in [2.05, 4.69) is 20.9 Å². The lowest BCUT2D eigenvalue weighted by Crippen LogP contribution is -2.56. The van der Waals surface area contributed by atoms with Crippen molar-refractivity contribution in [3.8, 4) is 0 Å². The number of carboxylic acids is 1. The average Bonchev–Trinajstić information content (AvgIpc) is 2.84. The molecule has 1 rings (SSSR count). The Morgan fingerprint density at radius 1 is 0.833 bits per heavy atom. The maximum Gasteiger partial charge on any atom is 0.326 e. The number of carbonyl (C=O) groups excluding carboxylic acids is 3. The van der Waals surface area contributed by atoms with Gasteiger partial charge in [-0.2, -0.15) is 0 Å². The van der Waals surface area contributed by atoms with Crippen molar-refractivity contribution in [3.63, 3.8) is 0 Å². The summed E-state index contributed by atoms with van der Waals surface area (Å²) in [5.74, 6) is -3.11. The van der Waals surface area contributed by atoms with Crippen LogP contribution in [0.5, 0.6) is 0 Å². The fraction of sp³-hybridized carbons (Fsp3) is 0.522. The van der Waals surface area contributed by atoms with Crippen LogP contribution in [0.3, 0.4) is 0 Å². The number of nitrogens with zero attached hydrogens (tertiary/aromatic N) is 1. The molecule has 3 unspecified atom stereocenters. The summed E-state index contributed by atoms with van der Waals surface area (Å²) in [6.07, 6.45) is 2.04. The van der Waals surface area contributed by atoms with Gasteiger partial charge in [-0.05, 0) is 44.2 Å². The number of carboxylic acid groups (broad SMARTS) is 1. The minimum atomic E-state index is -1.23. The van der Waals surface area contributed by atoms with Gasteiger partial charge in [-0.25, -0.2) is 4.79 Å². The molecule has 0 radical (unpaired) electrons. The first kappa shape index (κ1) is 30.3. The van der Waals surface area contributed by atoms with Crippen LogP contribution in [-0.4, -0.2) is 72.5 Å². The summed E-state index contributed by atoms with van der Waals surface area (Å²) in [6.45, 7) is 0.338. The van der Waals surface area contributed by atoms with Crippen LogP contribution in [0.2, 0.25) is 0 Å². The van der Waals surface area contributed by atoms with Gasteiger partial charge in [0, 0.05) is 13.0 Å². The number of nitrogens with two attached hydrogens (primary N) is 4. The second kappa shape index (κ2) is 16.8. The van der Waals surface area contributed by atoms with E-state index in [4.69, 9.17) is 22.9 Å². The number of aliphatic carboxylic acids is 1. The van der Waals surface area contributed by atoms with Crippen molar-refractivity contribution in [3.05, 3.63) is 35.9 Å². The lowest BCUT2D eigenvalue weighted by molar-refractivity contribution is -0.142. The Morgan fingerprint density at radius 2 is 1.44 bits per heavy atom. The summed E-state index contributed by atoms with van der Waals surface area (Å²) >= 11 is 0. The smallest absolute Gasteiger partial charge is 0.326 e. The van der Waals surface area contributed by atoms with E-state index in [1.807, 2.05) is 6.07 Å². The third-order valence-electron chi connectivity index (χ3n) is 5.26. The Hall–Kier alpha value is -3.71. The van der Waals surface area contributed by atoms with Gasteiger partial charge in [0.2, 0.25) is 17.7 Å². The molecule has 0 saturated carbocycles. The fourth-order valence-electron chi connectivity index (χ4n) is 3.38. The summed E-state index contributed by atoms with van der Waals surface area (Å²) in [4.78, 5) is 53.5. The molecule has 0 aliphatic carbocycles. The second-order valence-corrected chi connectivity index (χ2v) is 8.21. The number of hydrogen-bond donors (Lipinski definition) is 8. The van der Waals surface area contributed by atoms with Crippen molar-refractivity contribution < 1.29 is 24.3 Å². The van der Waals surface area contributed by atoms with Gasteiger partial charge in [0.05, 0.1) is 6.54 Å². The number of aliphatic imine (C=N–C) groups is 1. The first-order valence-corrected chi connectivity index (χ1v) is 11.8. The Kier molecular flexibility index (Phi) is 14.2. The largest absolute Gasteiger partial charge is 0.480 e. The number of amides is 3. The maximum absolute atomic E-state index is 13.1. The van der Waals surface area contributed by atoms with Crippen LogP contribution in [0.15, 0.2) is 35.3 Å². The van der Waals surface area contributed by atoms with Crippen LogP contribution in [0, 0.1) is 0 Å². The van der Waals surface area contributed by atoms with Crippen molar-refractivity contribution in [2.75, 3.05) is 19.6 Å². The first-order valence-electron chi connectivity index (χ1n) is 11.8. The zero-order chi connectivity index (χ0) is 26.9. The summed E-state index contributed by atoms with van der Waals surface area (Å²) in [6, 6.07) is 5.72. The van der Waals surface area contributed by atoms with E-state index in [1.54, 1.807) is 24.3 Å². The number of unbranched alkanes of at least 4 members (excludes halogenated alkanes) is 1. The van der Waals surface area contributed by atoms with Gasteiger partial charge >= 0.3 is 5.97 Å². The van der Waals surface area contributed by atoms with Gasteiger partial charge in [-0.3, -0.25) is 19.4 Å². The second-order valence-electron chi connectivity index (χ2n) is 8.21. The van der Waals surface area contributed by atoms with Crippen molar-refractivity contribution in [1.82, 2.24) is 16.0 Å². The zero-order valence-electron chi connectivity index (χ0n) is 20.3. The molecule has 1 aromatic carbocycles. The standard InChI is InChI=1S/C23H38N8O5/c24-11-5-4-9-16(29-19(32)14-25)20(33)31-18(13-15-7-2-1-3-8-15)21(34)30-17(22(35)36)10-6-12-28-23(26)27/h1-3,7-8,16-18H,4-6,9-14,24-25H2,(H,29,32)(H,30,34)(H,31,33)(H,35,36)(H4,26,27,28). The lowest BCUT2D eigenvalue weighted by Gasteiger charge is -2.24. The molecule has 0 aromatic heterocycles. The Morgan fingerprint density at radius 3 is 2.03 bits per heavy atom. The van der Waals surface area contributed by atoms with E-state index in [0.29, 0.717) is 32.2 Å². The molecule has 0 fully saturated rings. The molecule has 3 amide bonds. The molecule has 3 atom stereocenters. The molecule has 0 spiro atoms. The molecule has 0 heterocycles. The van der Waals surface area contributed by atoms with Crippen LogP contribution < -0.4 is 38.9 Å². The number of carbonyl (C=O) groups is 4. The van der Waals surface area contributed by atoms with Gasteiger partial charge in [-0.1, -0.05) is 30.3 Å². The third-order valence-corrected chi connectivity index (χ3v) is 5.26. The minimum absolute atomic E-state index is 0.0815. The van der Waals surface area contributed by atoms with Gasteiger partial charge < -0.3 is 44.0 Å². The third kappa shape index (κ3) is 12.1. The molecule has 36 heavy (non-hydrogen) atoms. The number of guanidine groups is 1. The van der Waals surface area contributed by atoms with Crippen LogP contribution in [0.4, 0.5) is 0 Å². The van der Waals surface area contributed by atoms with Crippen LogP contribution in [0.1, 0.15) is 37.7 Å².